The summed E-state index contributed by atoms with van der Waals surface area (Å²) >= 11 is 0. The summed E-state index contributed by atoms with van der Waals surface area (Å²) in [6.45, 7) is 0. The molecule has 23 heavy (non-hydrogen) atoms. The predicted molar refractivity (Wildman–Crippen MR) is 87.1 cm³/mol. The van der Waals surface area contributed by atoms with Crippen molar-refractivity contribution < 1.29 is 19.5 Å². The van der Waals surface area contributed by atoms with Crippen LogP contribution in [0.5, 0.6) is 0 Å². The van der Waals surface area contributed by atoms with Crippen molar-refractivity contribution in [1.29, 1.82) is 0 Å². The number of anilines is 2. The van der Waals surface area contributed by atoms with Crippen LogP contribution in [0.1, 0.15) is 32.1 Å². The van der Waals surface area contributed by atoms with Crippen LogP contribution in [0, 0.1) is 5.92 Å². The number of nitrogens with one attached hydrogen (secondary N) is 2. The van der Waals surface area contributed by atoms with Crippen molar-refractivity contribution in [2.45, 2.75) is 32.1 Å². The lowest BCUT2D eigenvalue weighted by molar-refractivity contribution is -0.131. The minimum absolute atomic E-state index is 0.0471. The summed E-state index contributed by atoms with van der Waals surface area (Å²) in [5.41, 5.74) is 1.21. The average Bonchev–Trinajstić information content (AvgIpc) is 2.55. The minimum atomic E-state index is -1.18. The largest absolute Gasteiger partial charge is 0.478 e. The van der Waals surface area contributed by atoms with E-state index >= 15 is 0 Å². The molecular formula is C17H20N2O4. The molecule has 1 aromatic carbocycles. The zero-order chi connectivity index (χ0) is 16.7. The van der Waals surface area contributed by atoms with E-state index < -0.39 is 11.9 Å². The fraction of sp³-hybridized carbons (Fsp3) is 0.353. The van der Waals surface area contributed by atoms with Crippen molar-refractivity contribution in [2.24, 2.45) is 5.92 Å². The van der Waals surface area contributed by atoms with Crippen molar-refractivity contribution in [3.8, 4) is 0 Å². The van der Waals surface area contributed by atoms with Gasteiger partial charge in [-0.25, -0.2) is 4.79 Å². The van der Waals surface area contributed by atoms with Gasteiger partial charge < -0.3 is 15.7 Å². The number of hydrogen-bond acceptors (Lipinski definition) is 3. The number of rotatable bonds is 5. The number of carboxylic acids is 1. The standard InChI is InChI=1S/C17H20N2O4/c20-15(10-11-16(21)22)18-13-6-8-14(9-7-13)19-17(23)12-4-2-1-3-5-12/h6-12H,1-5H2,(H,18,20)(H,19,23)(H,21,22)/b11-10-. The first-order chi connectivity index (χ1) is 11.0. The molecule has 0 heterocycles. The smallest absolute Gasteiger partial charge is 0.328 e. The van der Waals surface area contributed by atoms with E-state index in [1.165, 1.54) is 6.42 Å². The molecule has 1 aliphatic rings. The first-order valence-electron chi connectivity index (χ1n) is 7.67. The van der Waals surface area contributed by atoms with E-state index in [1.54, 1.807) is 24.3 Å². The molecule has 0 saturated heterocycles. The van der Waals surface area contributed by atoms with Crippen LogP contribution in [0.15, 0.2) is 36.4 Å². The van der Waals surface area contributed by atoms with Crippen LogP contribution >= 0.6 is 0 Å². The van der Waals surface area contributed by atoms with Crippen molar-refractivity contribution in [1.82, 2.24) is 0 Å². The molecule has 0 radical (unpaired) electrons. The summed E-state index contributed by atoms with van der Waals surface area (Å²) < 4.78 is 0. The van der Waals surface area contributed by atoms with E-state index in [4.69, 9.17) is 5.11 Å². The van der Waals surface area contributed by atoms with Gasteiger partial charge in [0.15, 0.2) is 0 Å². The van der Waals surface area contributed by atoms with Crippen molar-refractivity contribution >= 4 is 29.2 Å². The molecule has 2 rings (SSSR count). The summed E-state index contributed by atoms with van der Waals surface area (Å²) in [5.74, 6) is -1.57. The van der Waals surface area contributed by atoms with Gasteiger partial charge in [0.2, 0.25) is 11.8 Å². The van der Waals surface area contributed by atoms with Gasteiger partial charge in [0.1, 0.15) is 0 Å². The van der Waals surface area contributed by atoms with Crippen LogP contribution in [0.4, 0.5) is 11.4 Å². The highest BCUT2D eigenvalue weighted by Crippen LogP contribution is 2.25. The van der Waals surface area contributed by atoms with Crippen LogP contribution in [0.25, 0.3) is 0 Å². The summed E-state index contributed by atoms with van der Waals surface area (Å²) in [6.07, 6.45) is 7.01. The summed E-state index contributed by atoms with van der Waals surface area (Å²) in [7, 11) is 0. The second-order valence-electron chi connectivity index (χ2n) is 5.56. The SMILES string of the molecule is O=C(O)/C=C\C(=O)Nc1ccc(NC(=O)C2CCCCC2)cc1. The molecule has 0 bridgehead atoms. The van der Waals surface area contributed by atoms with Crippen LogP contribution in [-0.4, -0.2) is 22.9 Å². The average molecular weight is 316 g/mol. The van der Waals surface area contributed by atoms with Crippen LogP contribution in [-0.2, 0) is 14.4 Å². The molecule has 0 spiro atoms. The fourth-order valence-corrected chi connectivity index (χ4v) is 2.58. The second kappa shape index (κ2) is 8.12. The van der Waals surface area contributed by atoms with E-state index in [1.807, 2.05) is 0 Å². The molecule has 122 valence electrons. The number of carboxylic acid groups (broad SMARTS) is 1. The lowest BCUT2D eigenvalue weighted by Gasteiger charge is -2.20. The maximum atomic E-state index is 12.1. The van der Waals surface area contributed by atoms with Crippen molar-refractivity contribution in [3.63, 3.8) is 0 Å². The highest BCUT2D eigenvalue weighted by atomic mass is 16.4. The number of benzene rings is 1. The van der Waals surface area contributed by atoms with Crippen LogP contribution < -0.4 is 10.6 Å². The third-order valence-corrected chi connectivity index (χ3v) is 3.77. The first kappa shape index (κ1) is 16.7. The Hall–Kier alpha value is -2.63. The van der Waals surface area contributed by atoms with E-state index in [2.05, 4.69) is 10.6 Å². The van der Waals surface area contributed by atoms with E-state index in [-0.39, 0.29) is 11.8 Å². The highest BCUT2D eigenvalue weighted by Gasteiger charge is 2.20. The maximum absolute atomic E-state index is 12.1. The number of carbonyl (C=O) groups excluding carboxylic acids is 2. The van der Waals surface area contributed by atoms with Gasteiger partial charge in [0.25, 0.3) is 0 Å². The first-order valence-corrected chi connectivity index (χ1v) is 7.67. The van der Waals surface area contributed by atoms with E-state index in [0.29, 0.717) is 11.4 Å². The summed E-state index contributed by atoms with van der Waals surface area (Å²) in [6, 6.07) is 6.72. The maximum Gasteiger partial charge on any atom is 0.328 e. The Labute approximate surface area is 134 Å². The van der Waals surface area contributed by atoms with Crippen molar-refractivity contribution in [3.05, 3.63) is 36.4 Å². The molecule has 1 aromatic rings. The molecule has 0 aliphatic heterocycles. The van der Waals surface area contributed by atoms with Gasteiger partial charge >= 0.3 is 5.97 Å². The van der Waals surface area contributed by atoms with Crippen LogP contribution in [0.2, 0.25) is 0 Å². The molecule has 2 amide bonds. The number of amides is 2. The van der Waals surface area contributed by atoms with Gasteiger partial charge in [-0.15, -0.1) is 0 Å². The second-order valence-corrected chi connectivity index (χ2v) is 5.56. The Bertz CT molecular complexity index is 602. The molecule has 0 aromatic heterocycles. The minimum Gasteiger partial charge on any atom is -0.478 e. The summed E-state index contributed by atoms with van der Waals surface area (Å²) in [5, 5.41) is 13.9. The quantitative estimate of drug-likeness (QED) is 0.728. The van der Waals surface area contributed by atoms with Crippen molar-refractivity contribution in [2.75, 3.05) is 10.6 Å². The van der Waals surface area contributed by atoms with Gasteiger partial charge in [0, 0.05) is 29.4 Å². The molecule has 1 fully saturated rings. The zero-order valence-corrected chi connectivity index (χ0v) is 12.7. The Morgan fingerprint density at radius 3 is 2.04 bits per heavy atom. The van der Waals surface area contributed by atoms with Gasteiger partial charge in [-0.1, -0.05) is 19.3 Å². The highest BCUT2D eigenvalue weighted by molar-refractivity contribution is 6.02. The molecule has 0 atom stereocenters. The monoisotopic (exact) mass is 316 g/mol. The van der Waals surface area contributed by atoms with E-state index in [0.717, 1.165) is 37.8 Å². The Morgan fingerprint density at radius 2 is 1.48 bits per heavy atom. The molecule has 1 saturated carbocycles. The van der Waals surface area contributed by atoms with Gasteiger partial charge in [-0.2, -0.15) is 0 Å². The van der Waals surface area contributed by atoms with Crippen LogP contribution in [0.3, 0.4) is 0 Å². The Balaban J connectivity index is 1.87. The number of hydrogen-bond donors (Lipinski definition) is 3. The number of aliphatic carboxylic acids is 1. The fourth-order valence-electron chi connectivity index (χ4n) is 2.58. The zero-order valence-electron chi connectivity index (χ0n) is 12.7. The van der Waals surface area contributed by atoms with Gasteiger partial charge in [-0.3, -0.25) is 9.59 Å². The Kier molecular flexibility index (Phi) is 5.91. The third kappa shape index (κ3) is 5.58. The van der Waals surface area contributed by atoms with Gasteiger partial charge in [-0.05, 0) is 37.1 Å². The van der Waals surface area contributed by atoms with Gasteiger partial charge in [0.05, 0.1) is 0 Å². The molecule has 6 nitrogen and oxygen atoms in total. The molecule has 1 aliphatic carbocycles. The lowest BCUT2D eigenvalue weighted by Crippen LogP contribution is -2.24. The molecular weight excluding hydrogens is 296 g/mol. The topological polar surface area (TPSA) is 95.5 Å². The summed E-state index contributed by atoms with van der Waals surface area (Å²) in [4.78, 5) is 33.9. The predicted octanol–water partition coefficient (Wildman–Crippen LogP) is 2.78. The molecule has 6 heteroatoms. The normalized spacial score (nSPS) is 15.3. The Morgan fingerprint density at radius 1 is 0.913 bits per heavy atom. The molecule has 3 N–H and O–H groups in total. The molecule has 0 unspecified atom stereocenters. The van der Waals surface area contributed by atoms with E-state index in [9.17, 15) is 14.4 Å². The lowest BCUT2D eigenvalue weighted by atomic mass is 9.88. The third-order valence-electron chi connectivity index (χ3n) is 3.77. The number of carbonyl (C=O) groups is 3.